The lowest BCUT2D eigenvalue weighted by Gasteiger charge is -2.20. The van der Waals surface area contributed by atoms with Crippen LogP contribution >= 0.6 is 0 Å². The van der Waals surface area contributed by atoms with Crippen LogP contribution in [0.1, 0.15) is 31.4 Å². The van der Waals surface area contributed by atoms with E-state index in [1.54, 1.807) is 13.2 Å². The van der Waals surface area contributed by atoms with E-state index in [-0.39, 0.29) is 11.7 Å². The van der Waals surface area contributed by atoms with E-state index in [2.05, 4.69) is 4.98 Å². The van der Waals surface area contributed by atoms with Crippen LogP contribution in [-0.4, -0.2) is 36.1 Å². The Morgan fingerprint density at radius 1 is 1.61 bits per heavy atom. The van der Waals surface area contributed by atoms with Crippen molar-refractivity contribution in [3.05, 3.63) is 17.8 Å². The third kappa shape index (κ3) is 3.81. The number of oxazole rings is 1. The molecule has 1 saturated heterocycles. The van der Waals surface area contributed by atoms with Crippen LogP contribution in [0.5, 0.6) is 0 Å². The standard InChI is InChI=1S/C12H19NO4S/c1-9(14)5-11-7-17-12(13-11)6-10-3-2-4-18(15,16)8-10/h7,9-10,14H,2-6,8H2,1H3. The van der Waals surface area contributed by atoms with E-state index in [0.717, 1.165) is 18.5 Å². The summed E-state index contributed by atoms with van der Waals surface area (Å²) in [7, 11) is -2.87. The monoisotopic (exact) mass is 273 g/mol. The van der Waals surface area contributed by atoms with Crippen molar-refractivity contribution in [2.75, 3.05) is 11.5 Å². The Kier molecular flexibility index (Phi) is 4.07. The van der Waals surface area contributed by atoms with Crippen molar-refractivity contribution in [2.45, 2.75) is 38.7 Å². The predicted octanol–water partition coefficient (Wildman–Crippen LogP) is 0.965. The van der Waals surface area contributed by atoms with Gasteiger partial charge in [-0.25, -0.2) is 13.4 Å². The first-order valence-corrected chi connectivity index (χ1v) is 8.08. The first-order chi connectivity index (χ1) is 8.44. The van der Waals surface area contributed by atoms with E-state index in [1.807, 2.05) is 0 Å². The topological polar surface area (TPSA) is 80.4 Å². The fourth-order valence-electron chi connectivity index (χ4n) is 2.36. The molecule has 2 atom stereocenters. The summed E-state index contributed by atoms with van der Waals surface area (Å²) >= 11 is 0. The molecule has 1 fully saturated rings. The van der Waals surface area contributed by atoms with Crippen molar-refractivity contribution >= 4 is 9.84 Å². The van der Waals surface area contributed by atoms with Crippen molar-refractivity contribution in [3.63, 3.8) is 0 Å². The molecule has 1 aliphatic rings. The van der Waals surface area contributed by atoms with Crippen molar-refractivity contribution in [3.8, 4) is 0 Å². The van der Waals surface area contributed by atoms with Gasteiger partial charge in [0.15, 0.2) is 15.7 Å². The first kappa shape index (κ1) is 13.5. The number of aliphatic hydroxyl groups excluding tert-OH is 1. The molecule has 1 aromatic heterocycles. The summed E-state index contributed by atoms with van der Waals surface area (Å²) in [6.45, 7) is 1.70. The number of aromatic nitrogens is 1. The predicted molar refractivity (Wildman–Crippen MR) is 67.0 cm³/mol. The van der Waals surface area contributed by atoms with Gasteiger partial charge in [0.05, 0.1) is 23.3 Å². The van der Waals surface area contributed by atoms with E-state index < -0.39 is 15.9 Å². The number of nitrogens with zero attached hydrogens (tertiary/aromatic N) is 1. The maximum atomic E-state index is 11.5. The van der Waals surface area contributed by atoms with Gasteiger partial charge in [0, 0.05) is 12.8 Å². The quantitative estimate of drug-likeness (QED) is 0.884. The van der Waals surface area contributed by atoms with Gasteiger partial charge in [-0.2, -0.15) is 0 Å². The van der Waals surface area contributed by atoms with Gasteiger partial charge in [0.2, 0.25) is 0 Å². The zero-order valence-electron chi connectivity index (χ0n) is 10.5. The van der Waals surface area contributed by atoms with Gasteiger partial charge >= 0.3 is 0 Å². The highest BCUT2D eigenvalue weighted by Gasteiger charge is 2.26. The molecule has 18 heavy (non-hydrogen) atoms. The summed E-state index contributed by atoms with van der Waals surface area (Å²) in [6, 6.07) is 0. The van der Waals surface area contributed by atoms with Crippen molar-refractivity contribution in [1.29, 1.82) is 0 Å². The van der Waals surface area contributed by atoms with E-state index in [0.29, 0.717) is 24.5 Å². The number of hydrogen-bond donors (Lipinski definition) is 1. The van der Waals surface area contributed by atoms with E-state index >= 15 is 0 Å². The SMILES string of the molecule is CC(O)Cc1coc(CC2CCCS(=O)(=O)C2)n1. The Morgan fingerprint density at radius 2 is 2.39 bits per heavy atom. The van der Waals surface area contributed by atoms with Gasteiger partial charge in [-0.1, -0.05) is 0 Å². The molecular weight excluding hydrogens is 254 g/mol. The second-order valence-electron chi connectivity index (χ2n) is 5.11. The van der Waals surface area contributed by atoms with Crippen LogP contribution < -0.4 is 0 Å². The van der Waals surface area contributed by atoms with Crippen molar-refractivity contribution in [2.24, 2.45) is 5.92 Å². The van der Waals surface area contributed by atoms with E-state index in [9.17, 15) is 13.5 Å². The molecule has 1 aromatic rings. The van der Waals surface area contributed by atoms with Crippen LogP contribution in [0.2, 0.25) is 0 Å². The lowest BCUT2D eigenvalue weighted by molar-refractivity contribution is 0.194. The average molecular weight is 273 g/mol. The molecule has 2 unspecified atom stereocenters. The number of rotatable bonds is 4. The van der Waals surface area contributed by atoms with E-state index in [1.165, 1.54) is 0 Å². The van der Waals surface area contributed by atoms with Crippen LogP contribution in [0.25, 0.3) is 0 Å². The molecule has 1 aliphatic heterocycles. The highest BCUT2D eigenvalue weighted by molar-refractivity contribution is 7.91. The molecule has 0 amide bonds. The molecule has 0 saturated carbocycles. The first-order valence-electron chi connectivity index (χ1n) is 6.26. The lowest BCUT2D eigenvalue weighted by atomic mass is 10.0. The third-order valence-electron chi connectivity index (χ3n) is 3.12. The second-order valence-corrected chi connectivity index (χ2v) is 7.34. The highest BCUT2D eigenvalue weighted by atomic mass is 32.2. The normalized spacial score (nSPS) is 24.9. The van der Waals surface area contributed by atoms with Crippen LogP contribution in [0.4, 0.5) is 0 Å². The lowest BCUT2D eigenvalue weighted by Crippen LogP contribution is -2.26. The van der Waals surface area contributed by atoms with E-state index in [4.69, 9.17) is 4.42 Å². The third-order valence-corrected chi connectivity index (χ3v) is 5.01. The summed E-state index contributed by atoms with van der Waals surface area (Å²) in [4.78, 5) is 4.27. The van der Waals surface area contributed by atoms with Crippen LogP contribution in [0.3, 0.4) is 0 Å². The van der Waals surface area contributed by atoms with Crippen molar-refractivity contribution in [1.82, 2.24) is 4.98 Å². The minimum Gasteiger partial charge on any atom is -0.449 e. The molecule has 0 aliphatic carbocycles. The minimum absolute atomic E-state index is 0.113. The summed E-state index contributed by atoms with van der Waals surface area (Å²) < 4.78 is 28.4. The Hall–Kier alpha value is -0.880. The van der Waals surface area contributed by atoms with Gasteiger partial charge in [0.25, 0.3) is 0 Å². The summed E-state index contributed by atoms with van der Waals surface area (Å²) in [6.07, 6.45) is 3.77. The average Bonchev–Trinajstić information content (AvgIpc) is 2.62. The van der Waals surface area contributed by atoms with Crippen LogP contribution in [0, 0.1) is 5.92 Å². The summed E-state index contributed by atoms with van der Waals surface area (Å²) in [5.41, 5.74) is 0.721. The van der Waals surface area contributed by atoms with Crippen LogP contribution in [0.15, 0.2) is 10.7 Å². The van der Waals surface area contributed by atoms with Gasteiger partial charge in [-0.15, -0.1) is 0 Å². The minimum atomic E-state index is -2.87. The molecule has 0 aromatic carbocycles. The highest BCUT2D eigenvalue weighted by Crippen LogP contribution is 2.22. The Morgan fingerprint density at radius 3 is 3.06 bits per heavy atom. The fraction of sp³-hybridized carbons (Fsp3) is 0.750. The Bertz CT molecular complexity index is 492. The smallest absolute Gasteiger partial charge is 0.194 e. The molecule has 2 rings (SSSR count). The number of hydrogen-bond acceptors (Lipinski definition) is 5. The fourth-order valence-corrected chi connectivity index (χ4v) is 4.14. The number of aliphatic hydroxyl groups is 1. The maximum Gasteiger partial charge on any atom is 0.194 e. The molecule has 6 heteroatoms. The summed E-state index contributed by atoms with van der Waals surface area (Å²) in [5.74, 6) is 1.23. The largest absolute Gasteiger partial charge is 0.449 e. The zero-order chi connectivity index (χ0) is 13.2. The molecule has 1 N–H and O–H groups in total. The zero-order valence-corrected chi connectivity index (χ0v) is 11.3. The summed E-state index contributed by atoms with van der Waals surface area (Å²) in [5, 5.41) is 9.24. The molecule has 2 heterocycles. The Labute approximate surface area is 107 Å². The molecule has 0 radical (unpaired) electrons. The molecule has 102 valence electrons. The van der Waals surface area contributed by atoms with Gasteiger partial charge in [0.1, 0.15) is 6.26 Å². The second kappa shape index (κ2) is 5.40. The van der Waals surface area contributed by atoms with Gasteiger partial charge in [-0.3, -0.25) is 0 Å². The molecular formula is C12H19NO4S. The van der Waals surface area contributed by atoms with Crippen LogP contribution in [-0.2, 0) is 22.7 Å². The number of sulfone groups is 1. The molecule has 5 nitrogen and oxygen atoms in total. The Balaban J connectivity index is 1.95. The van der Waals surface area contributed by atoms with Crippen molar-refractivity contribution < 1.29 is 17.9 Å². The molecule has 0 bridgehead atoms. The molecule has 0 spiro atoms. The van der Waals surface area contributed by atoms with Gasteiger partial charge in [-0.05, 0) is 25.7 Å². The van der Waals surface area contributed by atoms with Gasteiger partial charge < -0.3 is 9.52 Å². The maximum absolute atomic E-state index is 11.5.